The molecule has 0 saturated carbocycles. The van der Waals surface area contributed by atoms with Gasteiger partial charge in [0.25, 0.3) is 0 Å². The van der Waals surface area contributed by atoms with Crippen LogP contribution in [0.15, 0.2) is 60.7 Å². The molecule has 0 aromatic heterocycles. The van der Waals surface area contributed by atoms with Crippen molar-refractivity contribution in [3.8, 4) is 0 Å². The molecule has 2 aromatic carbocycles. The molecule has 2 atom stereocenters. The number of nitrogens with two attached hydrogens (primary N) is 1. The van der Waals surface area contributed by atoms with Crippen molar-refractivity contribution in [1.82, 2.24) is 20.4 Å². The van der Waals surface area contributed by atoms with Crippen LogP contribution in [0, 0.1) is 6.92 Å². The number of rotatable bonds is 10. The Labute approximate surface area is 215 Å². The summed E-state index contributed by atoms with van der Waals surface area (Å²) in [4.78, 5) is 40.6. The minimum absolute atomic E-state index is 0.0497. The second-order valence-corrected chi connectivity index (χ2v) is 9.08. The highest BCUT2D eigenvalue weighted by Crippen LogP contribution is 2.20. The number of nitrogens with zero attached hydrogens (tertiary/aromatic N) is 2. The molecule has 36 heavy (non-hydrogen) atoms. The highest BCUT2D eigenvalue weighted by atomic mass is 16.2. The van der Waals surface area contributed by atoms with Crippen molar-refractivity contribution >= 4 is 17.7 Å². The number of likely N-dealkylation sites (tertiary alicyclic amines) is 1. The lowest BCUT2D eigenvalue weighted by atomic mass is 10.1. The number of carbonyl (C=O) groups is 3. The number of amides is 3. The Hall–Kier alpha value is -3.23. The number of carbonyl (C=O) groups excluding carboxylic acids is 3. The molecule has 3 amide bonds. The zero-order valence-electron chi connectivity index (χ0n) is 21.8. The second kappa shape index (κ2) is 15.7. The van der Waals surface area contributed by atoms with Crippen molar-refractivity contribution in [3.05, 3.63) is 71.8 Å². The lowest BCUT2D eigenvalue weighted by molar-refractivity contribution is -0.138. The fourth-order valence-electron chi connectivity index (χ4n) is 4.22. The molecular formula is C28H41N5O3. The summed E-state index contributed by atoms with van der Waals surface area (Å²) < 4.78 is 0. The van der Waals surface area contributed by atoms with Crippen molar-refractivity contribution in [1.29, 1.82) is 0 Å². The Kier molecular flexibility index (Phi) is 12.6. The number of aryl methyl sites for hydroxylation is 1. The highest BCUT2D eigenvalue weighted by Gasteiger charge is 2.33. The van der Waals surface area contributed by atoms with Gasteiger partial charge in [0.2, 0.25) is 17.7 Å². The first-order chi connectivity index (χ1) is 17.3. The van der Waals surface area contributed by atoms with Crippen LogP contribution in [0.1, 0.15) is 30.9 Å². The van der Waals surface area contributed by atoms with Crippen LogP contribution < -0.4 is 16.4 Å². The maximum absolute atomic E-state index is 12.9. The molecule has 0 aliphatic carbocycles. The predicted molar refractivity (Wildman–Crippen MR) is 143 cm³/mol. The monoisotopic (exact) mass is 495 g/mol. The van der Waals surface area contributed by atoms with E-state index in [1.54, 1.807) is 23.8 Å². The lowest BCUT2D eigenvalue weighted by Crippen LogP contribution is -2.53. The quantitative estimate of drug-likeness (QED) is 0.465. The highest BCUT2D eigenvalue weighted by molar-refractivity contribution is 5.88. The van der Waals surface area contributed by atoms with Gasteiger partial charge in [-0.05, 0) is 45.7 Å². The number of likely N-dealkylation sites (N-methyl/N-ethyl adjacent to an activating group) is 1. The summed E-state index contributed by atoms with van der Waals surface area (Å²) in [5, 5.41) is 5.49. The minimum atomic E-state index is -0.598. The number of benzene rings is 2. The van der Waals surface area contributed by atoms with Crippen LogP contribution in [0.2, 0.25) is 0 Å². The molecule has 4 N–H and O–H groups in total. The number of hydrogen-bond acceptors (Lipinski definition) is 5. The molecule has 1 fully saturated rings. The van der Waals surface area contributed by atoms with Gasteiger partial charge >= 0.3 is 0 Å². The van der Waals surface area contributed by atoms with E-state index in [0.29, 0.717) is 19.6 Å². The van der Waals surface area contributed by atoms with Gasteiger partial charge in [0.1, 0.15) is 6.04 Å². The molecule has 0 radical (unpaired) electrons. The van der Waals surface area contributed by atoms with E-state index in [1.165, 1.54) is 5.56 Å². The van der Waals surface area contributed by atoms with E-state index in [-0.39, 0.29) is 36.9 Å². The summed E-state index contributed by atoms with van der Waals surface area (Å²) in [6.07, 6.45) is 2.46. The van der Waals surface area contributed by atoms with Gasteiger partial charge in [-0.1, -0.05) is 66.2 Å². The first-order valence-corrected chi connectivity index (χ1v) is 12.6. The van der Waals surface area contributed by atoms with Crippen LogP contribution in [0.25, 0.3) is 0 Å². The predicted octanol–water partition coefficient (Wildman–Crippen LogP) is 1.73. The third kappa shape index (κ3) is 9.79. The fourth-order valence-corrected chi connectivity index (χ4v) is 4.22. The van der Waals surface area contributed by atoms with E-state index in [1.807, 2.05) is 48.5 Å². The molecule has 1 aliphatic heterocycles. The molecule has 8 nitrogen and oxygen atoms in total. The summed E-state index contributed by atoms with van der Waals surface area (Å²) >= 11 is 0. The summed E-state index contributed by atoms with van der Waals surface area (Å²) in [6.45, 7) is 5.56. The molecule has 0 bridgehead atoms. The van der Waals surface area contributed by atoms with Gasteiger partial charge in [0.15, 0.2) is 0 Å². The summed E-state index contributed by atoms with van der Waals surface area (Å²) in [6, 6.07) is 19.6. The van der Waals surface area contributed by atoms with E-state index in [4.69, 9.17) is 5.73 Å². The van der Waals surface area contributed by atoms with Crippen LogP contribution in [0.4, 0.5) is 0 Å². The van der Waals surface area contributed by atoms with E-state index < -0.39 is 6.04 Å². The summed E-state index contributed by atoms with van der Waals surface area (Å²) in [5.41, 5.74) is 8.09. The summed E-state index contributed by atoms with van der Waals surface area (Å²) in [7, 11) is 1.68. The first-order valence-electron chi connectivity index (χ1n) is 12.6. The van der Waals surface area contributed by atoms with Crippen molar-refractivity contribution in [2.45, 2.75) is 45.2 Å². The third-order valence-electron chi connectivity index (χ3n) is 6.16. The average Bonchev–Trinajstić information content (AvgIpc) is 3.35. The zero-order valence-corrected chi connectivity index (χ0v) is 21.8. The maximum Gasteiger partial charge on any atom is 0.245 e. The first kappa shape index (κ1) is 29.0. The van der Waals surface area contributed by atoms with Gasteiger partial charge in [-0.25, -0.2) is 0 Å². The topological polar surface area (TPSA) is 108 Å². The number of nitrogens with one attached hydrogen (secondary N) is 2. The lowest BCUT2D eigenvalue weighted by Gasteiger charge is -2.32. The van der Waals surface area contributed by atoms with E-state index in [9.17, 15) is 14.4 Å². The van der Waals surface area contributed by atoms with Gasteiger partial charge < -0.3 is 26.2 Å². The summed E-state index contributed by atoms with van der Waals surface area (Å²) in [5.74, 6) is -0.442. The van der Waals surface area contributed by atoms with Gasteiger partial charge in [0.05, 0.1) is 13.1 Å². The molecule has 2 unspecified atom stereocenters. The van der Waals surface area contributed by atoms with Gasteiger partial charge in [0, 0.05) is 25.7 Å². The van der Waals surface area contributed by atoms with Crippen LogP contribution in [-0.2, 0) is 20.8 Å². The Morgan fingerprint density at radius 2 is 1.72 bits per heavy atom. The molecule has 3 rings (SSSR count). The van der Waals surface area contributed by atoms with E-state index in [2.05, 4.69) is 29.7 Å². The Morgan fingerprint density at radius 3 is 2.28 bits per heavy atom. The van der Waals surface area contributed by atoms with Crippen LogP contribution in [0.3, 0.4) is 0 Å². The van der Waals surface area contributed by atoms with Crippen LogP contribution >= 0.6 is 0 Å². The molecular weight excluding hydrogens is 454 g/mol. The Balaban J connectivity index is 0.000000558. The van der Waals surface area contributed by atoms with Gasteiger partial charge in [-0.3, -0.25) is 14.4 Å². The molecule has 2 aromatic rings. The molecule has 196 valence electrons. The SMILES string of the molecule is CNCC(=O)NC(C)C(=O)N1CCCC1CN(CCc1ccccc1)C(=O)CN.Cc1ccccc1. The molecule has 0 spiro atoms. The average molecular weight is 496 g/mol. The van der Waals surface area contributed by atoms with Crippen LogP contribution in [-0.4, -0.2) is 79.4 Å². The van der Waals surface area contributed by atoms with Crippen molar-refractivity contribution in [2.24, 2.45) is 5.73 Å². The smallest absolute Gasteiger partial charge is 0.245 e. The van der Waals surface area contributed by atoms with E-state index >= 15 is 0 Å². The largest absolute Gasteiger partial charge is 0.343 e. The molecule has 8 heteroatoms. The normalized spacial score (nSPS) is 15.4. The second-order valence-electron chi connectivity index (χ2n) is 9.08. The van der Waals surface area contributed by atoms with E-state index in [0.717, 1.165) is 24.8 Å². The molecule has 1 saturated heterocycles. The molecule has 1 heterocycles. The van der Waals surface area contributed by atoms with Crippen molar-refractivity contribution in [2.75, 3.05) is 39.8 Å². The Morgan fingerprint density at radius 1 is 1.08 bits per heavy atom. The van der Waals surface area contributed by atoms with Gasteiger partial charge in [-0.15, -0.1) is 0 Å². The molecule has 1 aliphatic rings. The van der Waals surface area contributed by atoms with Crippen LogP contribution in [0.5, 0.6) is 0 Å². The Bertz CT molecular complexity index is 939. The maximum atomic E-state index is 12.9. The minimum Gasteiger partial charge on any atom is -0.343 e. The fraction of sp³-hybridized carbons (Fsp3) is 0.464. The van der Waals surface area contributed by atoms with Crippen molar-refractivity contribution in [3.63, 3.8) is 0 Å². The zero-order chi connectivity index (χ0) is 26.3. The number of hydrogen-bond donors (Lipinski definition) is 3. The van der Waals surface area contributed by atoms with Crippen molar-refractivity contribution < 1.29 is 14.4 Å². The van der Waals surface area contributed by atoms with Gasteiger partial charge in [-0.2, -0.15) is 0 Å². The third-order valence-corrected chi connectivity index (χ3v) is 6.16. The standard InChI is InChI=1S/C21H33N5O3.C7H8/c1-16(24-19(27)14-23-2)21(29)26-11-6-9-18(26)15-25(20(28)13-22)12-10-17-7-4-3-5-8-17;1-7-5-3-2-4-6-7/h3-5,7-8,16,18,23H,6,9-15,22H2,1-2H3,(H,24,27);2-6H,1H3.